The van der Waals surface area contributed by atoms with Gasteiger partial charge in [-0.05, 0) is 50.1 Å². The predicted molar refractivity (Wildman–Crippen MR) is 78.6 cm³/mol. The number of sulfonamides is 1. The van der Waals surface area contributed by atoms with E-state index in [1.165, 1.54) is 6.42 Å². The summed E-state index contributed by atoms with van der Waals surface area (Å²) >= 11 is 0. The lowest BCUT2D eigenvalue weighted by Gasteiger charge is -2.23. The third kappa shape index (κ3) is 3.71. The van der Waals surface area contributed by atoms with Crippen LogP contribution in [0.4, 0.5) is 0 Å². The maximum absolute atomic E-state index is 12.2. The molecule has 1 aromatic carbocycles. The Balaban J connectivity index is 2.04. The molecule has 0 saturated carbocycles. The highest BCUT2D eigenvalue weighted by molar-refractivity contribution is 7.89. The zero-order valence-corrected chi connectivity index (χ0v) is 12.8. The van der Waals surface area contributed by atoms with Crippen LogP contribution in [-0.2, 0) is 10.0 Å². The molecule has 0 bridgehead atoms. The van der Waals surface area contributed by atoms with Gasteiger partial charge in [0.15, 0.2) is 0 Å². The Morgan fingerprint density at radius 1 is 1.40 bits per heavy atom. The lowest BCUT2D eigenvalue weighted by molar-refractivity contribution is 0.398. The topological polar surface area (TPSA) is 67.4 Å². The van der Waals surface area contributed by atoms with E-state index in [0.29, 0.717) is 12.3 Å². The fourth-order valence-corrected chi connectivity index (χ4v) is 3.58. The molecular weight excluding hydrogens is 276 g/mol. The third-order valence-corrected chi connectivity index (χ3v) is 5.03. The summed E-state index contributed by atoms with van der Waals surface area (Å²) in [7, 11) is -1.88. The predicted octanol–water partition coefficient (Wildman–Crippen LogP) is 1.42. The highest BCUT2D eigenvalue weighted by Gasteiger charge is 2.19. The van der Waals surface area contributed by atoms with Crippen molar-refractivity contribution in [3.05, 3.63) is 23.8 Å². The van der Waals surface area contributed by atoms with Gasteiger partial charge >= 0.3 is 0 Å². The number of benzene rings is 1. The van der Waals surface area contributed by atoms with Gasteiger partial charge in [0, 0.05) is 12.6 Å². The second-order valence-corrected chi connectivity index (χ2v) is 6.90. The molecule has 1 saturated heterocycles. The first-order valence-corrected chi connectivity index (χ1v) is 8.39. The summed E-state index contributed by atoms with van der Waals surface area (Å²) in [4.78, 5) is 0.284. The number of hydrogen-bond donors (Lipinski definition) is 2. The van der Waals surface area contributed by atoms with Gasteiger partial charge in [-0.15, -0.1) is 0 Å². The smallest absolute Gasteiger partial charge is 0.240 e. The molecule has 0 unspecified atom stereocenters. The minimum Gasteiger partial charge on any atom is -0.496 e. The minimum atomic E-state index is -3.45. The Morgan fingerprint density at radius 3 is 2.80 bits per heavy atom. The molecule has 0 aliphatic carbocycles. The van der Waals surface area contributed by atoms with Gasteiger partial charge in [-0.3, -0.25) is 0 Å². The number of piperidine rings is 1. The Bertz CT molecular complexity index is 552. The van der Waals surface area contributed by atoms with Crippen LogP contribution in [-0.4, -0.2) is 34.7 Å². The van der Waals surface area contributed by atoms with Crippen molar-refractivity contribution in [1.82, 2.24) is 10.0 Å². The highest BCUT2D eigenvalue weighted by Crippen LogP contribution is 2.21. The number of nitrogens with one attached hydrogen (secondary N) is 2. The van der Waals surface area contributed by atoms with Crippen molar-refractivity contribution in [2.45, 2.75) is 37.1 Å². The summed E-state index contributed by atoms with van der Waals surface area (Å²) in [5, 5.41) is 3.33. The van der Waals surface area contributed by atoms with Gasteiger partial charge in [-0.2, -0.15) is 0 Å². The normalized spacial score (nSPS) is 19.8. The van der Waals surface area contributed by atoms with Gasteiger partial charge in [0.1, 0.15) is 5.75 Å². The Hall–Kier alpha value is -1.11. The Labute approximate surface area is 120 Å². The molecule has 112 valence electrons. The molecule has 20 heavy (non-hydrogen) atoms. The van der Waals surface area contributed by atoms with Crippen molar-refractivity contribution in [2.24, 2.45) is 0 Å². The van der Waals surface area contributed by atoms with Crippen molar-refractivity contribution < 1.29 is 13.2 Å². The van der Waals surface area contributed by atoms with Crippen molar-refractivity contribution in [1.29, 1.82) is 0 Å². The second kappa shape index (κ2) is 6.56. The molecule has 0 spiro atoms. The highest BCUT2D eigenvalue weighted by atomic mass is 32.2. The maximum Gasteiger partial charge on any atom is 0.240 e. The molecule has 0 aromatic heterocycles. The largest absolute Gasteiger partial charge is 0.496 e. The van der Waals surface area contributed by atoms with Crippen LogP contribution in [0.1, 0.15) is 24.8 Å². The van der Waals surface area contributed by atoms with Crippen LogP contribution in [0.2, 0.25) is 0 Å². The Kier molecular flexibility index (Phi) is 5.01. The van der Waals surface area contributed by atoms with Crippen LogP contribution in [0.3, 0.4) is 0 Å². The number of methoxy groups -OCH3 is 1. The summed E-state index contributed by atoms with van der Waals surface area (Å²) in [6.45, 7) is 3.24. The molecular formula is C14H22N2O3S. The van der Waals surface area contributed by atoms with Crippen molar-refractivity contribution in [3.8, 4) is 5.75 Å². The molecule has 1 aromatic rings. The van der Waals surface area contributed by atoms with E-state index in [1.54, 1.807) is 25.3 Å². The van der Waals surface area contributed by atoms with Crippen LogP contribution in [0.25, 0.3) is 0 Å². The minimum absolute atomic E-state index is 0.234. The molecule has 1 heterocycles. The number of aryl methyl sites for hydroxylation is 1. The van der Waals surface area contributed by atoms with E-state index >= 15 is 0 Å². The molecule has 2 N–H and O–H groups in total. The average Bonchev–Trinajstić information content (AvgIpc) is 2.46. The molecule has 1 atom stereocenters. The fourth-order valence-electron chi connectivity index (χ4n) is 2.41. The zero-order valence-electron chi connectivity index (χ0n) is 12.0. The first-order valence-electron chi connectivity index (χ1n) is 6.90. The van der Waals surface area contributed by atoms with Gasteiger partial charge in [0.2, 0.25) is 10.0 Å². The molecule has 2 rings (SSSR count). The van der Waals surface area contributed by atoms with E-state index < -0.39 is 10.0 Å². The summed E-state index contributed by atoms with van der Waals surface area (Å²) in [5.74, 6) is 0.692. The van der Waals surface area contributed by atoms with E-state index in [-0.39, 0.29) is 10.9 Å². The quantitative estimate of drug-likeness (QED) is 0.863. The average molecular weight is 298 g/mol. The van der Waals surface area contributed by atoms with Crippen LogP contribution >= 0.6 is 0 Å². The zero-order chi connectivity index (χ0) is 14.6. The van der Waals surface area contributed by atoms with Crippen LogP contribution < -0.4 is 14.8 Å². The van der Waals surface area contributed by atoms with Crippen LogP contribution in [0.15, 0.2) is 23.1 Å². The monoisotopic (exact) mass is 298 g/mol. The SMILES string of the molecule is COc1ccc(S(=O)(=O)NC[C@@H]2CCCCN2)cc1C. The van der Waals surface area contributed by atoms with E-state index in [0.717, 1.165) is 24.9 Å². The molecule has 5 nitrogen and oxygen atoms in total. The Morgan fingerprint density at radius 2 is 2.20 bits per heavy atom. The standard InChI is InChI=1S/C14H22N2O3S/c1-11-9-13(6-7-14(11)19-2)20(17,18)16-10-12-5-3-4-8-15-12/h6-7,9,12,15-16H,3-5,8,10H2,1-2H3/t12-/m0/s1. The van der Waals surface area contributed by atoms with E-state index in [9.17, 15) is 8.42 Å². The lowest BCUT2D eigenvalue weighted by Crippen LogP contribution is -2.43. The second-order valence-electron chi connectivity index (χ2n) is 5.13. The fraction of sp³-hybridized carbons (Fsp3) is 0.571. The number of ether oxygens (including phenoxy) is 1. The maximum atomic E-state index is 12.2. The molecule has 1 aliphatic rings. The van der Waals surface area contributed by atoms with Crippen molar-refractivity contribution in [3.63, 3.8) is 0 Å². The molecule has 0 radical (unpaired) electrons. The molecule has 0 amide bonds. The molecule has 1 aliphatic heterocycles. The number of rotatable bonds is 5. The van der Waals surface area contributed by atoms with Crippen molar-refractivity contribution in [2.75, 3.05) is 20.2 Å². The van der Waals surface area contributed by atoms with E-state index in [2.05, 4.69) is 10.0 Å². The van der Waals surface area contributed by atoms with Crippen LogP contribution in [0, 0.1) is 6.92 Å². The van der Waals surface area contributed by atoms with E-state index in [1.807, 2.05) is 6.92 Å². The third-order valence-electron chi connectivity index (χ3n) is 3.61. The first-order chi connectivity index (χ1) is 9.53. The van der Waals surface area contributed by atoms with Gasteiger partial charge in [0.05, 0.1) is 12.0 Å². The lowest BCUT2D eigenvalue weighted by atomic mass is 10.1. The first kappa shape index (κ1) is 15.3. The van der Waals surface area contributed by atoms with Gasteiger partial charge < -0.3 is 10.1 Å². The summed E-state index contributed by atoms with van der Waals surface area (Å²) in [6, 6.07) is 5.12. The van der Waals surface area contributed by atoms with E-state index in [4.69, 9.17) is 4.74 Å². The molecule has 1 fully saturated rings. The van der Waals surface area contributed by atoms with Crippen molar-refractivity contribution >= 4 is 10.0 Å². The summed E-state index contributed by atoms with van der Waals surface area (Å²) in [5.41, 5.74) is 0.811. The van der Waals surface area contributed by atoms with Gasteiger partial charge in [0.25, 0.3) is 0 Å². The van der Waals surface area contributed by atoms with Crippen LogP contribution in [0.5, 0.6) is 5.75 Å². The van der Waals surface area contributed by atoms with Gasteiger partial charge in [-0.1, -0.05) is 6.42 Å². The van der Waals surface area contributed by atoms with Gasteiger partial charge in [-0.25, -0.2) is 13.1 Å². The summed E-state index contributed by atoms with van der Waals surface area (Å²) in [6.07, 6.45) is 3.34. The number of hydrogen-bond acceptors (Lipinski definition) is 4. The summed E-state index contributed by atoms with van der Waals surface area (Å²) < 4.78 is 32.3. The molecule has 6 heteroatoms.